The molecule has 0 aliphatic carbocycles. The molecule has 92 valence electrons. The van der Waals surface area contributed by atoms with Gasteiger partial charge in [0.2, 0.25) is 0 Å². The van der Waals surface area contributed by atoms with E-state index in [1.165, 1.54) is 0 Å². The fourth-order valence-corrected chi connectivity index (χ4v) is 1.13. The minimum atomic E-state index is -1.99. The monoisotopic (exact) mass is 232 g/mol. The van der Waals surface area contributed by atoms with Crippen LogP contribution in [-0.2, 0) is 9.59 Å². The van der Waals surface area contributed by atoms with Crippen molar-refractivity contribution in [3.8, 4) is 0 Å². The zero-order chi connectivity index (χ0) is 12.8. The Kier molecular flexibility index (Phi) is 5.40. The summed E-state index contributed by atoms with van der Waals surface area (Å²) in [6.07, 6.45) is 0.107. The lowest BCUT2D eigenvalue weighted by Crippen LogP contribution is -2.57. The number of hydrogen-bond donors (Lipinski definition) is 5. The van der Waals surface area contributed by atoms with Gasteiger partial charge in [-0.25, -0.2) is 9.59 Å². The molecule has 0 saturated heterocycles. The molecule has 0 spiro atoms. The van der Waals surface area contributed by atoms with Crippen LogP contribution in [0.2, 0.25) is 0 Å². The summed E-state index contributed by atoms with van der Waals surface area (Å²) in [6.45, 7) is -0.286. The molecule has 0 aromatic carbocycles. The third kappa shape index (κ3) is 3.83. The fraction of sp³-hybridized carbons (Fsp3) is 0.625. The molecule has 0 rings (SSSR count). The average Bonchev–Trinajstić information content (AvgIpc) is 2.22. The number of ketones is 1. The second kappa shape index (κ2) is 6.03. The van der Waals surface area contributed by atoms with Crippen molar-refractivity contribution in [2.45, 2.75) is 18.4 Å². The molecule has 0 heterocycles. The summed E-state index contributed by atoms with van der Waals surface area (Å²) in [5.41, 5.74) is 13.3. The summed E-state index contributed by atoms with van der Waals surface area (Å²) in [6, 6.07) is -0.719. The van der Waals surface area contributed by atoms with Gasteiger partial charge in [0.25, 0.3) is 0 Å². The Morgan fingerprint density at radius 3 is 2.25 bits per heavy atom. The maximum atomic E-state index is 11.3. The summed E-state index contributed by atoms with van der Waals surface area (Å²) in [5, 5.41) is 11.1. The lowest BCUT2D eigenvalue weighted by atomic mass is 9.89. The van der Waals surface area contributed by atoms with E-state index in [-0.39, 0.29) is 19.4 Å². The van der Waals surface area contributed by atoms with Gasteiger partial charge in [-0.1, -0.05) is 0 Å². The van der Waals surface area contributed by atoms with Crippen molar-refractivity contribution in [2.75, 3.05) is 13.1 Å². The van der Waals surface area contributed by atoms with E-state index in [4.69, 9.17) is 22.3 Å². The highest BCUT2D eigenvalue weighted by Gasteiger charge is 2.40. The number of primary amides is 1. The van der Waals surface area contributed by atoms with Crippen LogP contribution in [0.25, 0.3) is 0 Å². The number of carboxylic acid groups (broad SMARTS) is 1. The SMILES string of the molecule is NCC(=O)C(N)(CCCNC(N)=O)C(=O)O. The second-order valence-corrected chi connectivity index (χ2v) is 3.30. The van der Waals surface area contributed by atoms with E-state index in [9.17, 15) is 14.4 Å². The van der Waals surface area contributed by atoms with Crippen LogP contribution in [0.15, 0.2) is 0 Å². The summed E-state index contributed by atoms with van der Waals surface area (Å²) < 4.78 is 0. The van der Waals surface area contributed by atoms with Crippen LogP contribution in [0.5, 0.6) is 0 Å². The lowest BCUT2D eigenvalue weighted by molar-refractivity contribution is -0.148. The van der Waals surface area contributed by atoms with Crippen LogP contribution in [0.3, 0.4) is 0 Å². The Morgan fingerprint density at radius 1 is 1.31 bits per heavy atom. The van der Waals surface area contributed by atoms with Gasteiger partial charge in [0.1, 0.15) is 0 Å². The average molecular weight is 232 g/mol. The molecular formula is C8H16N4O4. The Labute approximate surface area is 92.1 Å². The van der Waals surface area contributed by atoms with E-state index in [2.05, 4.69) is 5.32 Å². The minimum absolute atomic E-state index is 0.112. The molecule has 1 unspecified atom stereocenters. The number of rotatable bonds is 7. The van der Waals surface area contributed by atoms with E-state index in [0.717, 1.165) is 0 Å². The van der Waals surface area contributed by atoms with E-state index in [1.54, 1.807) is 0 Å². The van der Waals surface area contributed by atoms with Gasteiger partial charge >= 0.3 is 12.0 Å². The highest BCUT2D eigenvalue weighted by atomic mass is 16.4. The van der Waals surface area contributed by atoms with E-state index in [1.807, 2.05) is 0 Å². The summed E-state index contributed by atoms with van der Waals surface area (Å²) in [4.78, 5) is 32.4. The topological polar surface area (TPSA) is 162 Å². The van der Waals surface area contributed by atoms with Crippen LogP contribution in [-0.4, -0.2) is 41.5 Å². The normalized spacial score (nSPS) is 13.9. The lowest BCUT2D eigenvalue weighted by Gasteiger charge is -2.22. The molecule has 16 heavy (non-hydrogen) atoms. The van der Waals surface area contributed by atoms with Crippen molar-refractivity contribution < 1.29 is 19.5 Å². The van der Waals surface area contributed by atoms with Gasteiger partial charge in [-0.05, 0) is 12.8 Å². The molecule has 2 amide bonds. The van der Waals surface area contributed by atoms with Gasteiger partial charge in [0.05, 0.1) is 6.54 Å². The van der Waals surface area contributed by atoms with Crippen molar-refractivity contribution >= 4 is 17.8 Å². The molecule has 0 saturated carbocycles. The molecule has 0 fully saturated rings. The molecular weight excluding hydrogens is 216 g/mol. The number of urea groups is 1. The Bertz CT molecular complexity index is 294. The highest BCUT2D eigenvalue weighted by molar-refractivity contribution is 6.08. The van der Waals surface area contributed by atoms with Crippen LogP contribution < -0.4 is 22.5 Å². The zero-order valence-electron chi connectivity index (χ0n) is 8.73. The van der Waals surface area contributed by atoms with Crippen molar-refractivity contribution in [1.29, 1.82) is 0 Å². The number of hydrogen-bond acceptors (Lipinski definition) is 5. The zero-order valence-corrected chi connectivity index (χ0v) is 8.73. The van der Waals surface area contributed by atoms with Crippen LogP contribution in [0.4, 0.5) is 4.79 Å². The molecule has 1 atom stereocenters. The maximum absolute atomic E-state index is 11.3. The Morgan fingerprint density at radius 2 is 1.88 bits per heavy atom. The maximum Gasteiger partial charge on any atom is 0.331 e. The first-order chi connectivity index (χ1) is 7.34. The van der Waals surface area contributed by atoms with Crippen molar-refractivity contribution in [1.82, 2.24) is 5.32 Å². The molecule has 8 N–H and O–H groups in total. The third-order valence-corrected chi connectivity index (χ3v) is 2.11. The molecule has 8 heteroatoms. The Hall–Kier alpha value is -1.67. The van der Waals surface area contributed by atoms with E-state index >= 15 is 0 Å². The first-order valence-corrected chi connectivity index (χ1v) is 4.63. The molecule has 0 bridgehead atoms. The van der Waals surface area contributed by atoms with Crippen molar-refractivity contribution in [2.24, 2.45) is 17.2 Å². The highest BCUT2D eigenvalue weighted by Crippen LogP contribution is 2.11. The van der Waals surface area contributed by atoms with Crippen molar-refractivity contribution in [3.63, 3.8) is 0 Å². The van der Waals surface area contributed by atoms with E-state index < -0.39 is 29.9 Å². The molecule has 0 aliphatic rings. The molecule has 0 aromatic rings. The quantitative estimate of drug-likeness (QED) is 0.246. The number of amides is 2. The van der Waals surface area contributed by atoms with E-state index in [0.29, 0.717) is 0 Å². The van der Waals surface area contributed by atoms with Gasteiger partial charge in [0, 0.05) is 6.54 Å². The molecule has 0 aromatic heterocycles. The number of carboxylic acids is 1. The fourth-order valence-electron chi connectivity index (χ4n) is 1.13. The number of carbonyl (C=O) groups excluding carboxylic acids is 2. The number of nitrogens with two attached hydrogens (primary N) is 3. The van der Waals surface area contributed by atoms with Gasteiger partial charge in [-0.2, -0.15) is 0 Å². The van der Waals surface area contributed by atoms with Crippen molar-refractivity contribution in [3.05, 3.63) is 0 Å². The number of nitrogens with one attached hydrogen (secondary N) is 1. The van der Waals surface area contributed by atoms with Gasteiger partial charge in [-0.3, -0.25) is 4.79 Å². The smallest absolute Gasteiger partial charge is 0.331 e. The standard InChI is InChI=1S/C8H16N4O4/c9-4-5(13)8(11,6(14)15)2-1-3-12-7(10)16/h1-4,9,11H2,(H,14,15)(H3,10,12,16). The van der Waals surface area contributed by atoms with Gasteiger partial charge in [-0.15, -0.1) is 0 Å². The summed E-state index contributed by atoms with van der Waals surface area (Å²) >= 11 is 0. The number of aliphatic carboxylic acids is 1. The molecule has 0 aliphatic heterocycles. The largest absolute Gasteiger partial charge is 0.480 e. The first kappa shape index (κ1) is 14.3. The van der Waals surface area contributed by atoms with Crippen LogP contribution in [0, 0.1) is 0 Å². The predicted octanol–water partition coefficient (Wildman–Crippen LogP) is -2.26. The minimum Gasteiger partial charge on any atom is -0.480 e. The number of carbonyl (C=O) groups is 3. The van der Waals surface area contributed by atoms with Gasteiger partial charge in [0.15, 0.2) is 11.3 Å². The third-order valence-electron chi connectivity index (χ3n) is 2.11. The number of Topliss-reactive ketones (excluding diaryl/α,β-unsaturated/α-hetero) is 1. The summed E-state index contributed by atoms with van der Waals surface area (Å²) in [7, 11) is 0. The molecule has 0 radical (unpaired) electrons. The Balaban J connectivity index is 4.30. The first-order valence-electron chi connectivity index (χ1n) is 4.63. The van der Waals surface area contributed by atoms with Gasteiger partial charge < -0.3 is 27.6 Å². The second-order valence-electron chi connectivity index (χ2n) is 3.30. The molecule has 8 nitrogen and oxygen atoms in total. The van der Waals surface area contributed by atoms with Crippen LogP contribution in [0.1, 0.15) is 12.8 Å². The predicted molar refractivity (Wildman–Crippen MR) is 55.4 cm³/mol. The van der Waals surface area contributed by atoms with Crippen LogP contribution >= 0.6 is 0 Å². The summed E-state index contributed by atoms with van der Waals surface area (Å²) in [5.74, 6) is -2.18.